The van der Waals surface area contributed by atoms with E-state index in [4.69, 9.17) is 19.9 Å². The molecule has 0 bridgehead atoms. The summed E-state index contributed by atoms with van der Waals surface area (Å²) >= 11 is 0. The second-order valence-electron chi connectivity index (χ2n) is 12.2. The van der Waals surface area contributed by atoms with Crippen molar-refractivity contribution in [3.05, 3.63) is 44.9 Å². The molecule has 47 heavy (non-hydrogen) atoms. The molecule has 0 radical (unpaired) electrons. The van der Waals surface area contributed by atoms with E-state index >= 15 is 0 Å². The van der Waals surface area contributed by atoms with Gasteiger partial charge in [0.1, 0.15) is 54.5 Å². The van der Waals surface area contributed by atoms with Crippen molar-refractivity contribution in [2.45, 2.75) is 107 Å². The topological polar surface area (TPSA) is 242 Å². The van der Waals surface area contributed by atoms with Gasteiger partial charge in [-0.05, 0) is 19.5 Å². The second kappa shape index (κ2) is 16.4. The number of hydrogen-bond acceptors (Lipinski definition) is 13. The number of likely N-dealkylation sites (N-methyl/N-ethyl adjacent to an activating group) is 2. The Morgan fingerprint density at radius 3 is 2.40 bits per heavy atom. The maximum Gasteiger partial charge on any atom is 0.330 e. The van der Waals surface area contributed by atoms with Crippen molar-refractivity contribution in [3.63, 3.8) is 0 Å². The Balaban J connectivity index is 1.59. The number of amides is 2. The van der Waals surface area contributed by atoms with Gasteiger partial charge in [-0.1, -0.05) is 39.0 Å². The third-order valence-electron chi connectivity index (χ3n) is 8.92. The molecule has 2 amide bonds. The van der Waals surface area contributed by atoms with E-state index in [2.05, 4.69) is 17.2 Å². The first kappa shape index (κ1) is 36.8. The van der Waals surface area contributed by atoms with Gasteiger partial charge in [0.15, 0.2) is 12.5 Å². The van der Waals surface area contributed by atoms with Gasteiger partial charge in [0, 0.05) is 38.9 Å². The zero-order chi connectivity index (χ0) is 34.4. The number of hydrogen-bond donors (Lipinski definition) is 7. The van der Waals surface area contributed by atoms with Crippen molar-refractivity contribution in [1.29, 1.82) is 0 Å². The predicted octanol–water partition coefficient (Wildman–Crippen LogP) is -2.92. The summed E-state index contributed by atoms with van der Waals surface area (Å²) in [7, 11) is 2.99. The Bertz CT molecular complexity index is 1370. The Morgan fingerprint density at radius 1 is 1.04 bits per heavy atom. The lowest BCUT2D eigenvalue weighted by Gasteiger charge is -2.38. The summed E-state index contributed by atoms with van der Waals surface area (Å²) in [6.07, 6.45) is -4.64. The average molecular weight is 669 g/mol. The van der Waals surface area contributed by atoms with Gasteiger partial charge in [-0.15, -0.1) is 0 Å². The minimum atomic E-state index is -1.75. The van der Waals surface area contributed by atoms with Crippen LogP contribution in [-0.4, -0.2) is 140 Å². The van der Waals surface area contributed by atoms with Crippen LogP contribution in [0.5, 0.6) is 0 Å². The third-order valence-corrected chi connectivity index (χ3v) is 8.92. The molecule has 4 rings (SSSR count). The Kier molecular flexibility index (Phi) is 12.9. The number of aliphatic hydroxyl groups is 4. The lowest BCUT2D eigenvalue weighted by Crippen LogP contribution is -2.59. The highest BCUT2D eigenvalue weighted by atomic mass is 16.7. The van der Waals surface area contributed by atoms with Crippen molar-refractivity contribution in [3.8, 4) is 0 Å². The molecule has 1 aromatic heterocycles. The van der Waals surface area contributed by atoms with Crippen LogP contribution in [-0.2, 0) is 23.8 Å². The number of aromatic nitrogens is 2. The van der Waals surface area contributed by atoms with Crippen LogP contribution in [0.25, 0.3) is 0 Å². The molecule has 2 saturated heterocycles. The molecule has 2 fully saturated rings. The van der Waals surface area contributed by atoms with Gasteiger partial charge in [0.2, 0.25) is 5.91 Å². The van der Waals surface area contributed by atoms with Crippen LogP contribution in [0.2, 0.25) is 0 Å². The number of aromatic amines is 1. The normalized spacial score (nSPS) is 32.3. The van der Waals surface area contributed by atoms with E-state index in [9.17, 15) is 39.6 Å². The SMILES string of the molecule is CCCCCCCCNC(=O)C1=CCN(C)[C@@H]([C@H](O[C@@H]2O[C@H](CN)[C@@H](O)[C@H]2O)[C@H]2O[C@@H](n3ccc(=O)[nH]c3=O)[C@H](O)[C@@H]2O)C(=O)N1C. The predicted molar refractivity (Wildman–Crippen MR) is 166 cm³/mol. The molecule has 0 aliphatic carbocycles. The van der Waals surface area contributed by atoms with Crippen LogP contribution < -0.4 is 22.3 Å². The molecule has 0 aromatic carbocycles. The third kappa shape index (κ3) is 8.18. The van der Waals surface area contributed by atoms with Crippen molar-refractivity contribution in [1.82, 2.24) is 24.7 Å². The first-order valence-corrected chi connectivity index (χ1v) is 16.1. The molecule has 0 spiro atoms. The van der Waals surface area contributed by atoms with Crippen LogP contribution in [0.1, 0.15) is 51.7 Å². The van der Waals surface area contributed by atoms with Crippen LogP contribution in [0.15, 0.2) is 33.6 Å². The lowest BCUT2D eigenvalue weighted by molar-refractivity contribution is -0.232. The highest BCUT2D eigenvalue weighted by Gasteiger charge is 2.55. The number of ether oxygens (including phenoxy) is 3. The van der Waals surface area contributed by atoms with Crippen molar-refractivity contribution in [2.24, 2.45) is 5.73 Å². The summed E-state index contributed by atoms with van der Waals surface area (Å²) in [5.41, 5.74) is 4.15. The summed E-state index contributed by atoms with van der Waals surface area (Å²) in [4.78, 5) is 56.2. The summed E-state index contributed by atoms with van der Waals surface area (Å²) < 4.78 is 18.6. The number of nitrogens with two attached hydrogens (primary N) is 1. The number of carbonyl (C=O) groups is 2. The maximum atomic E-state index is 14.1. The summed E-state index contributed by atoms with van der Waals surface area (Å²) in [6, 6.07) is -0.271. The minimum absolute atomic E-state index is 0.0662. The van der Waals surface area contributed by atoms with E-state index in [1.165, 1.54) is 18.4 Å². The first-order chi connectivity index (χ1) is 22.4. The smallest absolute Gasteiger partial charge is 0.330 e. The van der Waals surface area contributed by atoms with E-state index in [1.54, 1.807) is 13.1 Å². The van der Waals surface area contributed by atoms with Gasteiger partial charge in [0.05, 0.1) is 0 Å². The van der Waals surface area contributed by atoms with Gasteiger partial charge in [-0.2, -0.15) is 0 Å². The molecule has 3 aliphatic rings. The number of H-pyrrole nitrogens is 1. The van der Waals surface area contributed by atoms with Gasteiger partial charge in [0.25, 0.3) is 11.5 Å². The maximum absolute atomic E-state index is 14.1. The van der Waals surface area contributed by atoms with E-state index < -0.39 is 84.4 Å². The largest absolute Gasteiger partial charge is 0.387 e. The zero-order valence-electron chi connectivity index (χ0n) is 26.9. The van der Waals surface area contributed by atoms with Crippen LogP contribution in [0.3, 0.4) is 0 Å². The minimum Gasteiger partial charge on any atom is -0.387 e. The highest BCUT2D eigenvalue weighted by Crippen LogP contribution is 2.36. The summed E-state index contributed by atoms with van der Waals surface area (Å²) in [5.74, 6) is -1.09. The van der Waals surface area contributed by atoms with Crippen LogP contribution >= 0.6 is 0 Å². The molecule has 8 N–H and O–H groups in total. The second-order valence-corrected chi connectivity index (χ2v) is 12.2. The Hall–Kier alpha value is -3.00. The molecular weight excluding hydrogens is 620 g/mol. The van der Waals surface area contributed by atoms with E-state index in [0.29, 0.717) is 6.54 Å². The van der Waals surface area contributed by atoms with Crippen molar-refractivity contribution in [2.75, 3.05) is 33.7 Å². The standard InChI is InChI=1S/C30H48N6O11/c1-4-5-6-7-8-9-12-32-26(42)16-10-13-34(2)19(27(43)35(16)3)24(47-29-23(41)20(38)17(15-31)45-29)25-21(39)22(40)28(46-25)36-14-11-18(37)33-30(36)44/h10-11,14,17,19-25,28-29,38-41H,4-9,12-13,15,31H2,1-3H3,(H,32,42)(H,33,37,44)/t17-,19+,20-,21+,22-,23-,24+,25+,28-,29+/m1/s1. The number of carbonyl (C=O) groups excluding carboxylic acids is 2. The molecule has 1 aromatic rings. The fourth-order valence-corrected chi connectivity index (χ4v) is 6.14. The molecule has 10 atom stereocenters. The average Bonchev–Trinajstić information content (AvgIpc) is 3.44. The van der Waals surface area contributed by atoms with Crippen molar-refractivity contribution < 1.29 is 44.2 Å². The number of aliphatic hydroxyl groups excluding tert-OH is 4. The molecule has 17 nitrogen and oxygen atoms in total. The van der Waals surface area contributed by atoms with Gasteiger partial charge >= 0.3 is 5.69 Å². The van der Waals surface area contributed by atoms with Gasteiger partial charge in [-0.25, -0.2) is 4.79 Å². The number of nitrogens with one attached hydrogen (secondary N) is 2. The van der Waals surface area contributed by atoms with Crippen LogP contribution in [0.4, 0.5) is 0 Å². The molecule has 264 valence electrons. The number of unbranched alkanes of at least 4 members (excludes halogenated alkanes) is 5. The molecule has 4 heterocycles. The van der Waals surface area contributed by atoms with Crippen molar-refractivity contribution >= 4 is 11.8 Å². The van der Waals surface area contributed by atoms with Gasteiger partial charge in [-0.3, -0.25) is 28.8 Å². The zero-order valence-corrected chi connectivity index (χ0v) is 26.9. The van der Waals surface area contributed by atoms with E-state index in [0.717, 1.165) is 53.8 Å². The van der Waals surface area contributed by atoms with Crippen LogP contribution in [0, 0.1) is 0 Å². The van der Waals surface area contributed by atoms with E-state index in [1.807, 2.05) is 0 Å². The fraction of sp³-hybridized carbons (Fsp3) is 0.733. The Labute approximate surface area is 271 Å². The van der Waals surface area contributed by atoms with Gasteiger partial charge < -0.3 is 50.6 Å². The molecular formula is C30H48N6O11. The summed E-state index contributed by atoms with van der Waals surface area (Å²) in [6.45, 7) is 2.48. The Morgan fingerprint density at radius 2 is 1.74 bits per heavy atom. The molecule has 3 aliphatic heterocycles. The fourth-order valence-electron chi connectivity index (χ4n) is 6.14. The lowest BCUT2D eigenvalue weighted by atomic mass is 9.97. The highest BCUT2D eigenvalue weighted by molar-refractivity contribution is 5.99. The first-order valence-electron chi connectivity index (χ1n) is 16.1. The quantitative estimate of drug-likeness (QED) is 0.0985. The van der Waals surface area contributed by atoms with E-state index in [-0.39, 0.29) is 18.8 Å². The molecule has 0 unspecified atom stereocenters. The monoisotopic (exact) mass is 668 g/mol. The number of rotatable bonds is 14. The number of nitrogens with zero attached hydrogens (tertiary/aromatic N) is 3. The summed E-state index contributed by atoms with van der Waals surface area (Å²) in [5, 5.41) is 46.2. The molecule has 17 heteroatoms. The molecule has 0 saturated carbocycles.